The number of rotatable bonds is 4. The van der Waals surface area contributed by atoms with Gasteiger partial charge in [-0.25, -0.2) is 9.97 Å². The van der Waals surface area contributed by atoms with Crippen LogP contribution in [-0.4, -0.2) is 29.2 Å². The Kier molecular flexibility index (Phi) is 4.78. The van der Waals surface area contributed by atoms with Gasteiger partial charge in [-0.15, -0.1) is 0 Å². The Bertz CT molecular complexity index is 392. The third-order valence-electron chi connectivity index (χ3n) is 3.18. The zero-order valence-electron chi connectivity index (χ0n) is 10.9. The molecule has 1 aromatic heterocycles. The molecule has 0 saturated carbocycles. The van der Waals surface area contributed by atoms with E-state index in [9.17, 15) is 0 Å². The summed E-state index contributed by atoms with van der Waals surface area (Å²) in [4.78, 5) is 8.32. The average molecular weight is 270 g/mol. The van der Waals surface area contributed by atoms with Crippen molar-refractivity contribution >= 4 is 17.4 Å². The smallest absolute Gasteiger partial charge is 0.138 e. The minimum atomic E-state index is 0.285. The van der Waals surface area contributed by atoms with Crippen molar-refractivity contribution in [1.29, 1.82) is 0 Å². The molecule has 0 radical (unpaired) electrons. The minimum Gasteiger partial charge on any atom is -0.376 e. The normalized spacial score (nSPS) is 20.1. The molecule has 4 nitrogen and oxygen atoms in total. The standard InChI is InChI=1S/C13H20ClN3O/c1-9(2)11-12(14)16-8-17-13(11)15-7-10-5-3-4-6-18-10/h8-10H,3-7H2,1-2H3,(H,15,16,17). The van der Waals surface area contributed by atoms with Crippen molar-refractivity contribution in [2.45, 2.75) is 45.1 Å². The molecule has 1 unspecified atom stereocenters. The minimum absolute atomic E-state index is 0.285. The second-order valence-electron chi connectivity index (χ2n) is 4.95. The van der Waals surface area contributed by atoms with Crippen LogP contribution in [0.4, 0.5) is 5.82 Å². The van der Waals surface area contributed by atoms with Crippen LogP contribution >= 0.6 is 11.6 Å². The predicted octanol–water partition coefficient (Wildman–Crippen LogP) is 3.23. The van der Waals surface area contributed by atoms with E-state index in [-0.39, 0.29) is 6.10 Å². The number of ether oxygens (including phenoxy) is 1. The maximum Gasteiger partial charge on any atom is 0.138 e. The van der Waals surface area contributed by atoms with E-state index in [0.29, 0.717) is 11.1 Å². The van der Waals surface area contributed by atoms with Gasteiger partial charge in [0.1, 0.15) is 17.3 Å². The summed E-state index contributed by atoms with van der Waals surface area (Å²) in [5, 5.41) is 3.88. The molecule has 1 saturated heterocycles. The van der Waals surface area contributed by atoms with Gasteiger partial charge in [0.05, 0.1) is 6.10 Å². The summed E-state index contributed by atoms with van der Waals surface area (Å²) in [6, 6.07) is 0. The van der Waals surface area contributed by atoms with Gasteiger partial charge in [0, 0.05) is 18.7 Å². The van der Waals surface area contributed by atoms with Crippen LogP contribution < -0.4 is 5.32 Å². The zero-order chi connectivity index (χ0) is 13.0. The highest BCUT2D eigenvalue weighted by Gasteiger charge is 2.17. The van der Waals surface area contributed by atoms with E-state index in [1.54, 1.807) is 0 Å². The van der Waals surface area contributed by atoms with Crippen molar-refractivity contribution in [3.63, 3.8) is 0 Å². The van der Waals surface area contributed by atoms with Gasteiger partial charge < -0.3 is 10.1 Å². The van der Waals surface area contributed by atoms with Crippen LogP contribution in [0, 0.1) is 0 Å². The van der Waals surface area contributed by atoms with Crippen LogP contribution in [0.5, 0.6) is 0 Å². The van der Waals surface area contributed by atoms with Crippen LogP contribution in [-0.2, 0) is 4.74 Å². The van der Waals surface area contributed by atoms with Crippen molar-refractivity contribution < 1.29 is 4.74 Å². The van der Waals surface area contributed by atoms with Crippen LogP contribution in [0.3, 0.4) is 0 Å². The van der Waals surface area contributed by atoms with Crippen molar-refractivity contribution in [3.05, 3.63) is 17.0 Å². The van der Waals surface area contributed by atoms with Gasteiger partial charge in [0.2, 0.25) is 0 Å². The van der Waals surface area contributed by atoms with Crippen LogP contribution in [0.25, 0.3) is 0 Å². The molecule has 2 rings (SSSR count). The SMILES string of the molecule is CC(C)c1c(Cl)ncnc1NCC1CCCCO1. The van der Waals surface area contributed by atoms with Gasteiger partial charge in [-0.05, 0) is 25.2 Å². The van der Waals surface area contributed by atoms with Gasteiger partial charge in [0.15, 0.2) is 0 Å². The lowest BCUT2D eigenvalue weighted by Crippen LogP contribution is -2.27. The summed E-state index contributed by atoms with van der Waals surface area (Å²) in [5.41, 5.74) is 0.981. The number of nitrogens with zero attached hydrogens (tertiary/aromatic N) is 2. The topological polar surface area (TPSA) is 47.0 Å². The van der Waals surface area contributed by atoms with E-state index < -0.39 is 0 Å². The molecule has 0 amide bonds. The Morgan fingerprint density at radius 2 is 2.28 bits per heavy atom. The van der Waals surface area contributed by atoms with Crippen molar-refractivity contribution in [3.8, 4) is 0 Å². The third kappa shape index (κ3) is 3.33. The maximum absolute atomic E-state index is 6.12. The molecule has 18 heavy (non-hydrogen) atoms. The number of halogens is 1. The lowest BCUT2D eigenvalue weighted by molar-refractivity contribution is 0.0247. The molecule has 0 aliphatic carbocycles. The third-order valence-corrected chi connectivity index (χ3v) is 3.48. The Labute approximate surface area is 113 Å². The largest absolute Gasteiger partial charge is 0.376 e. The van der Waals surface area contributed by atoms with Crippen molar-refractivity contribution in [1.82, 2.24) is 9.97 Å². The molecule has 100 valence electrons. The number of nitrogens with one attached hydrogen (secondary N) is 1. The lowest BCUT2D eigenvalue weighted by atomic mass is 10.1. The van der Waals surface area contributed by atoms with Gasteiger partial charge in [0.25, 0.3) is 0 Å². The number of hydrogen-bond acceptors (Lipinski definition) is 4. The summed E-state index contributed by atoms with van der Waals surface area (Å²) in [6.07, 6.45) is 5.31. The molecule has 1 aliphatic heterocycles. The predicted molar refractivity (Wildman–Crippen MR) is 73.2 cm³/mol. The Hall–Kier alpha value is -0.870. The Morgan fingerprint density at radius 1 is 1.44 bits per heavy atom. The lowest BCUT2D eigenvalue weighted by Gasteiger charge is -2.24. The van der Waals surface area contributed by atoms with E-state index in [1.807, 2.05) is 0 Å². The fourth-order valence-corrected chi connectivity index (χ4v) is 2.56. The van der Waals surface area contributed by atoms with Crippen molar-refractivity contribution in [2.24, 2.45) is 0 Å². The van der Waals surface area contributed by atoms with E-state index in [0.717, 1.165) is 31.0 Å². The second kappa shape index (κ2) is 6.34. The van der Waals surface area contributed by atoms with E-state index in [2.05, 4.69) is 29.1 Å². The molecule has 0 bridgehead atoms. The van der Waals surface area contributed by atoms with Gasteiger partial charge in [-0.2, -0.15) is 0 Å². The summed E-state index contributed by atoms with van der Waals surface area (Å²) < 4.78 is 5.69. The molecule has 1 aromatic rings. The van der Waals surface area contributed by atoms with Crippen LogP contribution in [0.1, 0.15) is 44.6 Å². The average Bonchev–Trinajstić information content (AvgIpc) is 2.37. The van der Waals surface area contributed by atoms with E-state index in [1.165, 1.54) is 19.2 Å². The molecule has 1 N–H and O–H groups in total. The molecule has 5 heteroatoms. The monoisotopic (exact) mass is 269 g/mol. The Balaban J connectivity index is 2.02. The first kappa shape index (κ1) is 13.6. The highest BCUT2D eigenvalue weighted by molar-refractivity contribution is 6.30. The Morgan fingerprint density at radius 3 is 2.94 bits per heavy atom. The summed E-state index contributed by atoms with van der Waals surface area (Å²) in [5.74, 6) is 1.13. The first-order chi connectivity index (χ1) is 8.68. The summed E-state index contributed by atoms with van der Waals surface area (Å²) in [7, 11) is 0. The molecular weight excluding hydrogens is 250 g/mol. The quantitative estimate of drug-likeness (QED) is 0.853. The van der Waals surface area contributed by atoms with Gasteiger partial charge in [-0.3, -0.25) is 0 Å². The second-order valence-corrected chi connectivity index (χ2v) is 5.31. The molecule has 2 heterocycles. The maximum atomic E-state index is 6.12. The first-order valence-electron chi connectivity index (χ1n) is 6.54. The van der Waals surface area contributed by atoms with Gasteiger partial charge >= 0.3 is 0 Å². The number of aromatic nitrogens is 2. The molecule has 1 fully saturated rings. The molecule has 0 aromatic carbocycles. The molecule has 1 atom stereocenters. The van der Waals surface area contributed by atoms with Crippen molar-refractivity contribution in [2.75, 3.05) is 18.5 Å². The molecule has 0 spiro atoms. The van der Waals surface area contributed by atoms with E-state index >= 15 is 0 Å². The fraction of sp³-hybridized carbons (Fsp3) is 0.692. The number of hydrogen-bond donors (Lipinski definition) is 1. The van der Waals surface area contributed by atoms with Crippen LogP contribution in [0.15, 0.2) is 6.33 Å². The van der Waals surface area contributed by atoms with E-state index in [4.69, 9.17) is 16.3 Å². The first-order valence-corrected chi connectivity index (χ1v) is 6.92. The fourth-order valence-electron chi connectivity index (χ4n) is 2.21. The highest BCUT2D eigenvalue weighted by atomic mass is 35.5. The highest BCUT2D eigenvalue weighted by Crippen LogP contribution is 2.28. The molecular formula is C13H20ClN3O. The zero-order valence-corrected chi connectivity index (χ0v) is 11.7. The van der Waals surface area contributed by atoms with Crippen LogP contribution in [0.2, 0.25) is 5.15 Å². The number of anilines is 1. The summed E-state index contributed by atoms with van der Waals surface area (Å²) >= 11 is 6.12. The summed E-state index contributed by atoms with van der Waals surface area (Å²) in [6.45, 7) is 5.83. The van der Waals surface area contributed by atoms with Gasteiger partial charge in [-0.1, -0.05) is 25.4 Å². The molecule has 1 aliphatic rings.